The lowest BCUT2D eigenvalue weighted by Crippen LogP contribution is -2.29. The zero-order chi connectivity index (χ0) is 13.4. The first-order chi connectivity index (χ1) is 9.13. The van der Waals surface area contributed by atoms with Gasteiger partial charge in [-0.1, -0.05) is 11.6 Å². The van der Waals surface area contributed by atoms with Crippen molar-refractivity contribution in [3.8, 4) is 0 Å². The van der Waals surface area contributed by atoms with E-state index in [1.165, 1.54) is 31.9 Å². The zero-order valence-corrected chi connectivity index (χ0v) is 11.4. The van der Waals surface area contributed by atoms with Gasteiger partial charge in [-0.15, -0.1) is 0 Å². The maximum Gasteiger partial charge on any atom is 0.337 e. The van der Waals surface area contributed by atoms with E-state index in [1.807, 2.05) is 0 Å². The summed E-state index contributed by atoms with van der Waals surface area (Å²) in [7, 11) is 0. The summed E-state index contributed by atoms with van der Waals surface area (Å²) in [4.78, 5) is 17.7. The molecular weight excluding hydrogens is 264 g/mol. The van der Waals surface area contributed by atoms with Gasteiger partial charge in [0.15, 0.2) is 0 Å². The van der Waals surface area contributed by atoms with Gasteiger partial charge in [0.1, 0.15) is 5.82 Å². The second-order valence-corrected chi connectivity index (χ2v) is 6.03. The monoisotopic (exact) mass is 280 g/mol. The van der Waals surface area contributed by atoms with E-state index in [9.17, 15) is 4.79 Å². The fourth-order valence-corrected chi connectivity index (χ4v) is 2.43. The normalized spacial score (nSPS) is 18.4. The SMILES string of the molecule is O=C(O)c1cc(N(CC2CC2)CC2CC2)ncc1Cl. The molecule has 1 heterocycles. The van der Waals surface area contributed by atoms with Gasteiger partial charge >= 0.3 is 5.97 Å². The molecule has 1 N–H and O–H groups in total. The fourth-order valence-electron chi connectivity index (χ4n) is 2.25. The molecule has 0 radical (unpaired) electrons. The van der Waals surface area contributed by atoms with Crippen molar-refractivity contribution in [2.45, 2.75) is 25.7 Å². The van der Waals surface area contributed by atoms with Crippen LogP contribution in [0.2, 0.25) is 5.02 Å². The summed E-state index contributed by atoms with van der Waals surface area (Å²) in [5, 5.41) is 9.33. The first-order valence-corrected chi connectivity index (χ1v) is 7.15. The van der Waals surface area contributed by atoms with E-state index in [2.05, 4.69) is 9.88 Å². The second kappa shape index (κ2) is 5.00. The molecule has 1 aromatic heterocycles. The average molecular weight is 281 g/mol. The van der Waals surface area contributed by atoms with E-state index in [0.717, 1.165) is 30.7 Å². The Kier molecular flexibility index (Phi) is 3.35. The summed E-state index contributed by atoms with van der Waals surface area (Å²) >= 11 is 5.87. The van der Waals surface area contributed by atoms with Crippen LogP contribution in [0.15, 0.2) is 12.3 Å². The van der Waals surface area contributed by atoms with Gasteiger partial charge in [0, 0.05) is 19.3 Å². The summed E-state index contributed by atoms with van der Waals surface area (Å²) in [5.41, 5.74) is 0.142. The molecule has 102 valence electrons. The smallest absolute Gasteiger partial charge is 0.337 e. The molecule has 0 amide bonds. The van der Waals surface area contributed by atoms with E-state index in [4.69, 9.17) is 16.7 Å². The molecule has 0 bridgehead atoms. The molecule has 19 heavy (non-hydrogen) atoms. The number of halogens is 1. The number of hydrogen-bond donors (Lipinski definition) is 1. The van der Waals surface area contributed by atoms with E-state index < -0.39 is 5.97 Å². The number of aromatic nitrogens is 1. The van der Waals surface area contributed by atoms with Crippen LogP contribution in [0, 0.1) is 11.8 Å². The highest BCUT2D eigenvalue weighted by Gasteiger charge is 2.30. The van der Waals surface area contributed by atoms with Gasteiger partial charge in [-0.05, 0) is 43.6 Å². The fraction of sp³-hybridized carbons (Fsp3) is 0.571. The molecule has 0 atom stereocenters. The van der Waals surface area contributed by atoms with Crippen molar-refractivity contribution in [3.63, 3.8) is 0 Å². The van der Waals surface area contributed by atoms with Crippen molar-refractivity contribution in [2.75, 3.05) is 18.0 Å². The Balaban J connectivity index is 1.82. The molecule has 0 aliphatic heterocycles. The maximum atomic E-state index is 11.1. The van der Waals surface area contributed by atoms with E-state index >= 15 is 0 Å². The van der Waals surface area contributed by atoms with Gasteiger partial charge in [0.05, 0.1) is 10.6 Å². The first kappa shape index (κ1) is 12.7. The molecule has 0 unspecified atom stereocenters. The van der Waals surface area contributed by atoms with Gasteiger partial charge in [-0.25, -0.2) is 9.78 Å². The third-order valence-corrected chi connectivity index (χ3v) is 4.05. The highest BCUT2D eigenvalue weighted by atomic mass is 35.5. The molecule has 0 aromatic carbocycles. The Labute approximate surface area is 117 Å². The summed E-state index contributed by atoms with van der Waals surface area (Å²) in [6, 6.07) is 1.61. The molecule has 2 fully saturated rings. The number of anilines is 1. The third kappa shape index (κ3) is 3.18. The number of nitrogens with zero attached hydrogens (tertiary/aromatic N) is 2. The Morgan fingerprint density at radius 2 is 1.89 bits per heavy atom. The number of pyridine rings is 1. The van der Waals surface area contributed by atoms with Crippen LogP contribution in [0.3, 0.4) is 0 Å². The van der Waals surface area contributed by atoms with E-state index in [1.54, 1.807) is 6.07 Å². The third-order valence-electron chi connectivity index (χ3n) is 3.75. The lowest BCUT2D eigenvalue weighted by atomic mass is 10.2. The summed E-state index contributed by atoms with van der Waals surface area (Å²) < 4.78 is 0. The number of carboxylic acid groups (broad SMARTS) is 1. The van der Waals surface area contributed by atoms with Crippen molar-refractivity contribution in [2.24, 2.45) is 11.8 Å². The van der Waals surface area contributed by atoms with Gasteiger partial charge in [0.25, 0.3) is 0 Å². The molecule has 2 aliphatic rings. The van der Waals surface area contributed by atoms with Crippen LogP contribution in [-0.2, 0) is 0 Å². The maximum absolute atomic E-state index is 11.1. The van der Waals surface area contributed by atoms with Crippen molar-refractivity contribution in [1.82, 2.24) is 4.98 Å². The quantitative estimate of drug-likeness (QED) is 0.870. The van der Waals surface area contributed by atoms with Crippen LogP contribution < -0.4 is 4.90 Å². The van der Waals surface area contributed by atoms with Crippen LogP contribution in [0.4, 0.5) is 5.82 Å². The molecule has 1 aromatic rings. The number of aromatic carboxylic acids is 1. The van der Waals surface area contributed by atoms with Crippen molar-refractivity contribution >= 4 is 23.4 Å². The minimum atomic E-state index is -0.994. The molecule has 2 saturated carbocycles. The summed E-state index contributed by atoms with van der Waals surface area (Å²) in [6.07, 6.45) is 6.56. The Morgan fingerprint density at radius 1 is 1.32 bits per heavy atom. The number of carbonyl (C=O) groups is 1. The molecular formula is C14H17ClN2O2. The van der Waals surface area contributed by atoms with Crippen LogP contribution >= 0.6 is 11.6 Å². The Bertz CT molecular complexity index is 484. The first-order valence-electron chi connectivity index (χ1n) is 6.77. The summed E-state index contributed by atoms with van der Waals surface area (Å²) in [5.74, 6) is 1.26. The molecule has 0 saturated heterocycles. The largest absolute Gasteiger partial charge is 0.478 e. The predicted octanol–water partition coefficient (Wildman–Crippen LogP) is 3.06. The van der Waals surface area contributed by atoms with Gasteiger partial charge in [-0.3, -0.25) is 0 Å². The highest BCUT2D eigenvalue weighted by Crippen LogP contribution is 2.35. The molecule has 0 spiro atoms. The highest BCUT2D eigenvalue weighted by molar-refractivity contribution is 6.33. The summed E-state index contributed by atoms with van der Waals surface area (Å²) in [6.45, 7) is 1.98. The molecule has 5 heteroatoms. The van der Waals surface area contributed by atoms with Crippen LogP contribution in [-0.4, -0.2) is 29.1 Å². The van der Waals surface area contributed by atoms with Gasteiger partial charge < -0.3 is 10.0 Å². The van der Waals surface area contributed by atoms with E-state index in [0.29, 0.717) is 0 Å². The van der Waals surface area contributed by atoms with Gasteiger partial charge in [0.2, 0.25) is 0 Å². The number of carboxylic acids is 1. The average Bonchev–Trinajstić information content (AvgIpc) is 3.23. The zero-order valence-electron chi connectivity index (χ0n) is 10.7. The van der Waals surface area contributed by atoms with Crippen LogP contribution in [0.5, 0.6) is 0 Å². The Morgan fingerprint density at radius 3 is 2.37 bits per heavy atom. The number of hydrogen-bond acceptors (Lipinski definition) is 3. The van der Waals surface area contributed by atoms with Crippen molar-refractivity contribution < 1.29 is 9.90 Å². The predicted molar refractivity (Wildman–Crippen MR) is 73.9 cm³/mol. The lowest BCUT2D eigenvalue weighted by molar-refractivity contribution is 0.0697. The van der Waals surface area contributed by atoms with Gasteiger partial charge in [-0.2, -0.15) is 0 Å². The lowest BCUT2D eigenvalue weighted by Gasteiger charge is -2.24. The molecule has 4 nitrogen and oxygen atoms in total. The van der Waals surface area contributed by atoms with E-state index in [-0.39, 0.29) is 10.6 Å². The van der Waals surface area contributed by atoms with Crippen molar-refractivity contribution in [1.29, 1.82) is 0 Å². The molecule has 3 rings (SSSR count). The second-order valence-electron chi connectivity index (χ2n) is 5.62. The number of rotatable bonds is 6. The van der Waals surface area contributed by atoms with Crippen LogP contribution in [0.25, 0.3) is 0 Å². The minimum absolute atomic E-state index is 0.142. The molecule has 2 aliphatic carbocycles. The minimum Gasteiger partial charge on any atom is -0.478 e. The van der Waals surface area contributed by atoms with Crippen molar-refractivity contribution in [3.05, 3.63) is 22.8 Å². The Hall–Kier alpha value is -1.29. The standard InChI is InChI=1S/C14H17ClN2O2/c15-12-6-16-13(5-11(12)14(18)19)17(7-9-1-2-9)8-10-3-4-10/h5-6,9-10H,1-4,7-8H2,(H,18,19). The topological polar surface area (TPSA) is 53.4 Å². The van der Waals surface area contributed by atoms with Crippen LogP contribution in [0.1, 0.15) is 36.0 Å².